The molecule has 2 rings (SSSR count). The van der Waals surface area contributed by atoms with Crippen molar-refractivity contribution in [3.8, 4) is 0 Å². The number of aromatic nitrogens is 2. The van der Waals surface area contributed by atoms with Crippen LogP contribution in [0.4, 0.5) is 11.4 Å². The van der Waals surface area contributed by atoms with Crippen molar-refractivity contribution in [3.63, 3.8) is 0 Å². The smallest absolute Gasteiger partial charge is 0.265 e. The predicted octanol–water partition coefficient (Wildman–Crippen LogP) is 1.10. The summed E-state index contributed by atoms with van der Waals surface area (Å²) < 4.78 is 26.1. The van der Waals surface area contributed by atoms with Gasteiger partial charge in [-0.1, -0.05) is 6.07 Å². The maximum absolute atomic E-state index is 11.8. The van der Waals surface area contributed by atoms with E-state index in [9.17, 15) is 8.42 Å². The monoisotopic (exact) mass is 252 g/mol. The molecule has 0 unspecified atom stereocenters. The van der Waals surface area contributed by atoms with Crippen LogP contribution in [0.3, 0.4) is 0 Å². The molecule has 0 aliphatic carbocycles. The van der Waals surface area contributed by atoms with Gasteiger partial charge >= 0.3 is 0 Å². The number of aryl methyl sites for hydroxylation is 1. The Morgan fingerprint density at radius 3 is 2.76 bits per heavy atom. The zero-order valence-corrected chi connectivity index (χ0v) is 9.95. The van der Waals surface area contributed by atoms with Crippen molar-refractivity contribution >= 4 is 21.4 Å². The Kier molecular flexibility index (Phi) is 2.76. The summed E-state index contributed by atoms with van der Waals surface area (Å²) in [5.74, 6) is 0. The minimum absolute atomic E-state index is 0.0802. The highest BCUT2D eigenvalue weighted by Gasteiger charge is 2.15. The van der Waals surface area contributed by atoms with Gasteiger partial charge in [-0.05, 0) is 24.6 Å². The molecule has 1 heterocycles. The summed E-state index contributed by atoms with van der Waals surface area (Å²) in [5, 5.41) is 6.04. The molecule has 1 aromatic carbocycles. The van der Waals surface area contributed by atoms with Gasteiger partial charge in [0.1, 0.15) is 4.90 Å². The second kappa shape index (κ2) is 4.10. The summed E-state index contributed by atoms with van der Waals surface area (Å²) in [6.45, 7) is 1.85. The van der Waals surface area contributed by atoms with Crippen molar-refractivity contribution in [1.82, 2.24) is 10.2 Å². The highest BCUT2D eigenvalue weighted by Crippen LogP contribution is 2.19. The van der Waals surface area contributed by atoms with Crippen LogP contribution in [0.15, 0.2) is 35.5 Å². The van der Waals surface area contributed by atoms with E-state index < -0.39 is 10.0 Å². The van der Waals surface area contributed by atoms with Crippen LogP contribution in [0.25, 0.3) is 0 Å². The predicted molar refractivity (Wildman–Crippen MR) is 65.0 cm³/mol. The van der Waals surface area contributed by atoms with Crippen molar-refractivity contribution in [2.24, 2.45) is 0 Å². The van der Waals surface area contributed by atoms with Crippen LogP contribution in [0.1, 0.15) is 5.56 Å². The minimum atomic E-state index is -3.60. The van der Waals surface area contributed by atoms with Crippen LogP contribution in [0.2, 0.25) is 0 Å². The lowest BCUT2D eigenvalue weighted by molar-refractivity contribution is 0.601. The minimum Gasteiger partial charge on any atom is -0.398 e. The molecule has 0 radical (unpaired) electrons. The molecule has 6 nitrogen and oxygen atoms in total. The Balaban J connectivity index is 2.30. The van der Waals surface area contributed by atoms with Crippen LogP contribution in [0, 0.1) is 6.92 Å². The van der Waals surface area contributed by atoms with Gasteiger partial charge in [0, 0.05) is 11.9 Å². The first-order valence-electron chi connectivity index (χ1n) is 4.87. The number of nitrogens with one attached hydrogen (secondary N) is 2. The molecule has 0 atom stereocenters. The van der Waals surface area contributed by atoms with E-state index in [4.69, 9.17) is 5.73 Å². The van der Waals surface area contributed by atoms with Crippen molar-refractivity contribution in [2.75, 3.05) is 10.5 Å². The van der Waals surface area contributed by atoms with E-state index in [0.717, 1.165) is 5.56 Å². The molecule has 0 bridgehead atoms. The molecule has 17 heavy (non-hydrogen) atoms. The molecule has 0 aliphatic heterocycles. The van der Waals surface area contributed by atoms with Gasteiger partial charge < -0.3 is 5.73 Å². The molecular weight excluding hydrogens is 240 g/mol. The fourth-order valence-corrected chi connectivity index (χ4v) is 2.26. The molecule has 2 aromatic rings. The Hall–Kier alpha value is -2.02. The van der Waals surface area contributed by atoms with Crippen LogP contribution >= 0.6 is 0 Å². The summed E-state index contributed by atoms with van der Waals surface area (Å²) >= 11 is 0. The summed E-state index contributed by atoms with van der Waals surface area (Å²) in [4.78, 5) is 0.0802. The SMILES string of the molecule is Cc1ccc(NS(=O)(=O)c2cn[nH]c2)cc1N. The number of anilines is 2. The maximum Gasteiger partial charge on any atom is 0.265 e. The number of rotatable bonds is 3. The zero-order valence-electron chi connectivity index (χ0n) is 9.14. The van der Waals surface area contributed by atoms with Crippen molar-refractivity contribution in [1.29, 1.82) is 0 Å². The molecule has 7 heteroatoms. The van der Waals surface area contributed by atoms with Crippen molar-refractivity contribution < 1.29 is 8.42 Å². The number of nitrogens with zero attached hydrogens (tertiary/aromatic N) is 1. The molecule has 0 aliphatic rings. The van der Waals surface area contributed by atoms with E-state index in [1.54, 1.807) is 18.2 Å². The molecule has 0 saturated carbocycles. The maximum atomic E-state index is 11.8. The van der Waals surface area contributed by atoms with E-state index in [1.807, 2.05) is 6.92 Å². The van der Waals surface area contributed by atoms with E-state index in [0.29, 0.717) is 11.4 Å². The quantitative estimate of drug-likeness (QED) is 0.712. The molecule has 1 aromatic heterocycles. The average Bonchev–Trinajstić information content (AvgIpc) is 2.77. The largest absolute Gasteiger partial charge is 0.398 e. The van der Waals surface area contributed by atoms with Gasteiger partial charge in [0.05, 0.1) is 11.9 Å². The van der Waals surface area contributed by atoms with Crippen LogP contribution < -0.4 is 10.5 Å². The Bertz CT molecular complexity index is 620. The van der Waals surface area contributed by atoms with Gasteiger partial charge in [-0.3, -0.25) is 9.82 Å². The van der Waals surface area contributed by atoms with Gasteiger partial charge in [-0.2, -0.15) is 5.10 Å². The fraction of sp³-hybridized carbons (Fsp3) is 0.100. The fourth-order valence-electron chi connectivity index (χ4n) is 1.30. The second-order valence-corrected chi connectivity index (χ2v) is 5.29. The number of hydrogen-bond acceptors (Lipinski definition) is 4. The summed E-state index contributed by atoms with van der Waals surface area (Å²) in [7, 11) is -3.60. The van der Waals surface area contributed by atoms with Crippen LogP contribution in [0.5, 0.6) is 0 Å². The topological polar surface area (TPSA) is 101 Å². The molecule has 0 amide bonds. The summed E-state index contributed by atoms with van der Waals surface area (Å²) in [6, 6.07) is 4.98. The molecule has 4 N–H and O–H groups in total. The first-order chi connectivity index (χ1) is 7.99. The van der Waals surface area contributed by atoms with Crippen molar-refractivity contribution in [3.05, 3.63) is 36.2 Å². The van der Waals surface area contributed by atoms with Gasteiger partial charge in [0.25, 0.3) is 10.0 Å². The zero-order chi connectivity index (χ0) is 12.5. The first kappa shape index (κ1) is 11.5. The molecule has 90 valence electrons. The summed E-state index contributed by atoms with van der Waals surface area (Å²) in [6.07, 6.45) is 2.54. The van der Waals surface area contributed by atoms with Crippen LogP contribution in [-0.2, 0) is 10.0 Å². The summed E-state index contributed by atoms with van der Waals surface area (Å²) in [5.41, 5.74) is 7.57. The molecule has 0 saturated heterocycles. The number of nitrogen functional groups attached to an aromatic ring is 1. The highest BCUT2D eigenvalue weighted by molar-refractivity contribution is 7.92. The molecule has 0 spiro atoms. The third-order valence-electron chi connectivity index (χ3n) is 2.31. The third-order valence-corrected chi connectivity index (χ3v) is 3.66. The Morgan fingerprint density at radius 1 is 1.41 bits per heavy atom. The Labute approximate surface area is 98.9 Å². The third kappa shape index (κ3) is 2.39. The lowest BCUT2D eigenvalue weighted by Crippen LogP contribution is -2.12. The number of aromatic amines is 1. The number of sulfonamides is 1. The van der Waals surface area contributed by atoms with E-state index >= 15 is 0 Å². The molecular formula is C10H12N4O2S. The average molecular weight is 252 g/mol. The number of hydrogen-bond donors (Lipinski definition) is 3. The second-order valence-electron chi connectivity index (χ2n) is 3.61. The lowest BCUT2D eigenvalue weighted by Gasteiger charge is -2.07. The van der Waals surface area contributed by atoms with E-state index in [1.165, 1.54) is 12.4 Å². The van der Waals surface area contributed by atoms with Crippen LogP contribution in [-0.4, -0.2) is 18.6 Å². The van der Waals surface area contributed by atoms with Gasteiger partial charge in [-0.25, -0.2) is 8.42 Å². The van der Waals surface area contributed by atoms with Gasteiger partial charge in [0.2, 0.25) is 0 Å². The van der Waals surface area contributed by atoms with Crippen molar-refractivity contribution in [2.45, 2.75) is 11.8 Å². The molecule has 0 fully saturated rings. The van der Waals surface area contributed by atoms with E-state index in [2.05, 4.69) is 14.9 Å². The van der Waals surface area contributed by atoms with Gasteiger partial charge in [-0.15, -0.1) is 0 Å². The number of benzene rings is 1. The number of H-pyrrole nitrogens is 1. The first-order valence-corrected chi connectivity index (χ1v) is 6.35. The highest BCUT2D eigenvalue weighted by atomic mass is 32.2. The van der Waals surface area contributed by atoms with E-state index in [-0.39, 0.29) is 4.90 Å². The number of nitrogens with two attached hydrogens (primary N) is 1. The lowest BCUT2D eigenvalue weighted by atomic mass is 10.2. The standard InChI is InChI=1S/C10H12N4O2S/c1-7-2-3-8(4-10(7)11)14-17(15,16)9-5-12-13-6-9/h2-6,14H,11H2,1H3,(H,12,13). The normalized spacial score (nSPS) is 11.4. The van der Waals surface area contributed by atoms with Gasteiger partial charge in [0.15, 0.2) is 0 Å². The Morgan fingerprint density at radius 2 is 2.18 bits per heavy atom.